The predicted molar refractivity (Wildman–Crippen MR) is 86.7 cm³/mol. The van der Waals surface area contributed by atoms with Gasteiger partial charge in [-0.05, 0) is 65.2 Å². The monoisotopic (exact) mass is 324 g/mol. The molecule has 106 valence electrons. The van der Waals surface area contributed by atoms with Gasteiger partial charge in [-0.1, -0.05) is 19.4 Å². The summed E-state index contributed by atoms with van der Waals surface area (Å²) in [4.78, 5) is 2.37. The second-order valence-electron chi connectivity index (χ2n) is 5.84. The van der Waals surface area contributed by atoms with Crippen molar-refractivity contribution in [1.82, 2.24) is 0 Å². The molecule has 1 atom stereocenters. The summed E-state index contributed by atoms with van der Waals surface area (Å²) in [5.41, 5.74) is 8.63. The lowest BCUT2D eigenvalue weighted by Gasteiger charge is -2.32. The van der Waals surface area contributed by atoms with E-state index in [0.29, 0.717) is 0 Å². The average Bonchev–Trinajstić information content (AvgIpc) is 2.33. The highest BCUT2D eigenvalue weighted by molar-refractivity contribution is 9.10. The maximum atomic E-state index is 6.02. The molecule has 3 heteroatoms. The fourth-order valence-electron chi connectivity index (χ4n) is 2.60. The van der Waals surface area contributed by atoms with Crippen molar-refractivity contribution in [3.63, 3.8) is 0 Å². The highest BCUT2D eigenvalue weighted by Gasteiger charge is 2.20. The molecule has 0 saturated heterocycles. The summed E-state index contributed by atoms with van der Waals surface area (Å²) >= 11 is 3.71. The topological polar surface area (TPSA) is 29.3 Å². The van der Waals surface area contributed by atoms with Crippen LogP contribution in [0.2, 0.25) is 0 Å². The van der Waals surface area contributed by atoms with E-state index >= 15 is 0 Å². The molecule has 2 nitrogen and oxygen atoms in total. The third-order valence-corrected chi connectivity index (χ3v) is 4.84. The fourth-order valence-corrected chi connectivity index (χ4v) is 3.32. The van der Waals surface area contributed by atoms with Crippen LogP contribution < -0.4 is 10.6 Å². The molecule has 0 aromatic heterocycles. The van der Waals surface area contributed by atoms with Crippen molar-refractivity contribution in [2.24, 2.45) is 11.7 Å². The van der Waals surface area contributed by atoms with Gasteiger partial charge in [-0.2, -0.15) is 0 Å². The van der Waals surface area contributed by atoms with Gasteiger partial charge in [-0.25, -0.2) is 0 Å². The van der Waals surface area contributed by atoms with E-state index in [1.54, 1.807) is 0 Å². The molecular formula is C16H25BrN2. The van der Waals surface area contributed by atoms with Gasteiger partial charge in [0.25, 0.3) is 0 Å². The van der Waals surface area contributed by atoms with Crippen LogP contribution in [0.5, 0.6) is 0 Å². The molecule has 19 heavy (non-hydrogen) atoms. The molecule has 2 rings (SSSR count). The Bertz CT molecular complexity index is 415. The van der Waals surface area contributed by atoms with Gasteiger partial charge in [0.1, 0.15) is 0 Å². The van der Waals surface area contributed by atoms with E-state index in [9.17, 15) is 0 Å². The molecule has 1 aliphatic carbocycles. The van der Waals surface area contributed by atoms with E-state index in [1.165, 1.54) is 41.5 Å². The molecule has 0 heterocycles. The maximum absolute atomic E-state index is 6.02. The number of halogens is 1. The van der Waals surface area contributed by atoms with Crippen LogP contribution in [0, 0.1) is 5.92 Å². The minimum Gasteiger partial charge on any atom is -0.373 e. The number of nitrogens with zero attached hydrogens (tertiary/aromatic N) is 1. The summed E-state index contributed by atoms with van der Waals surface area (Å²) in [6.07, 6.45) is 6.19. The molecular weight excluding hydrogens is 300 g/mol. The van der Waals surface area contributed by atoms with Crippen LogP contribution in [-0.2, 0) is 6.42 Å². The van der Waals surface area contributed by atoms with E-state index in [1.807, 2.05) is 0 Å². The van der Waals surface area contributed by atoms with Gasteiger partial charge in [0, 0.05) is 24.1 Å². The van der Waals surface area contributed by atoms with E-state index in [4.69, 9.17) is 5.73 Å². The molecule has 1 unspecified atom stereocenters. The first kappa shape index (κ1) is 14.9. The SMILES string of the molecule is CCC(N)Cc1ccc(N(C)CC2CCC2)c(Br)c1. The number of hydrogen-bond donors (Lipinski definition) is 1. The van der Waals surface area contributed by atoms with Crippen molar-refractivity contribution >= 4 is 21.6 Å². The summed E-state index contributed by atoms with van der Waals surface area (Å²) in [5.74, 6) is 0.894. The van der Waals surface area contributed by atoms with Crippen LogP contribution in [0.25, 0.3) is 0 Å². The number of hydrogen-bond acceptors (Lipinski definition) is 2. The lowest BCUT2D eigenvalue weighted by Crippen LogP contribution is -2.29. The van der Waals surface area contributed by atoms with Crippen molar-refractivity contribution in [1.29, 1.82) is 0 Å². The third-order valence-electron chi connectivity index (χ3n) is 4.20. The summed E-state index contributed by atoms with van der Waals surface area (Å²) in [7, 11) is 2.19. The van der Waals surface area contributed by atoms with Crippen LogP contribution in [0.3, 0.4) is 0 Å². The Morgan fingerprint density at radius 1 is 1.42 bits per heavy atom. The molecule has 2 N–H and O–H groups in total. The van der Waals surface area contributed by atoms with Crippen molar-refractivity contribution in [2.75, 3.05) is 18.5 Å². The highest BCUT2D eigenvalue weighted by Crippen LogP contribution is 2.32. The van der Waals surface area contributed by atoms with E-state index in [0.717, 1.165) is 18.8 Å². The smallest absolute Gasteiger partial charge is 0.0508 e. The fraction of sp³-hybridized carbons (Fsp3) is 0.625. The summed E-state index contributed by atoms with van der Waals surface area (Å²) in [5, 5.41) is 0. The number of nitrogens with two attached hydrogens (primary N) is 1. The van der Waals surface area contributed by atoms with Crippen LogP contribution in [0.1, 0.15) is 38.2 Å². The molecule has 0 aliphatic heterocycles. The molecule has 0 spiro atoms. The van der Waals surface area contributed by atoms with Gasteiger partial charge < -0.3 is 10.6 Å². The minimum absolute atomic E-state index is 0.269. The molecule has 1 aromatic carbocycles. The highest BCUT2D eigenvalue weighted by atomic mass is 79.9. The summed E-state index contributed by atoms with van der Waals surface area (Å²) in [6.45, 7) is 3.31. The average molecular weight is 325 g/mol. The molecule has 0 amide bonds. The molecule has 1 aromatic rings. The maximum Gasteiger partial charge on any atom is 0.0508 e. The van der Waals surface area contributed by atoms with Gasteiger partial charge in [-0.15, -0.1) is 0 Å². The second kappa shape index (κ2) is 6.76. The Kier molecular flexibility index (Phi) is 5.28. The number of benzene rings is 1. The Labute approximate surface area is 125 Å². The zero-order valence-corrected chi connectivity index (χ0v) is 13.6. The Balaban J connectivity index is 2.01. The van der Waals surface area contributed by atoms with Gasteiger partial charge in [-0.3, -0.25) is 0 Å². The van der Waals surface area contributed by atoms with Crippen molar-refractivity contribution < 1.29 is 0 Å². The molecule has 1 saturated carbocycles. The Morgan fingerprint density at radius 2 is 2.16 bits per heavy atom. The molecule has 1 aliphatic rings. The normalized spacial score (nSPS) is 17.1. The Morgan fingerprint density at radius 3 is 2.68 bits per heavy atom. The summed E-state index contributed by atoms with van der Waals surface area (Å²) in [6, 6.07) is 6.93. The Hall–Kier alpha value is -0.540. The zero-order valence-electron chi connectivity index (χ0n) is 12.0. The third kappa shape index (κ3) is 3.96. The first-order valence-corrected chi connectivity index (χ1v) is 8.14. The zero-order chi connectivity index (χ0) is 13.8. The van der Waals surface area contributed by atoms with Gasteiger partial charge in [0.05, 0.1) is 5.69 Å². The van der Waals surface area contributed by atoms with E-state index in [-0.39, 0.29) is 6.04 Å². The van der Waals surface area contributed by atoms with Gasteiger partial charge >= 0.3 is 0 Å². The lowest BCUT2D eigenvalue weighted by atomic mass is 9.85. The summed E-state index contributed by atoms with van der Waals surface area (Å²) < 4.78 is 1.19. The van der Waals surface area contributed by atoms with Crippen LogP contribution in [0.15, 0.2) is 22.7 Å². The molecule has 1 fully saturated rings. The van der Waals surface area contributed by atoms with Crippen LogP contribution in [0.4, 0.5) is 5.69 Å². The minimum atomic E-state index is 0.269. The van der Waals surface area contributed by atoms with Crippen molar-refractivity contribution in [2.45, 2.75) is 45.1 Å². The quantitative estimate of drug-likeness (QED) is 0.858. The van der Waals surface area contributed by atoms with Gasteiger partial charge in [0.15, 0.2) is 0 Å². The first-order chi connectivity index (χ1) is 9.10. The van der Waals surface area contributed by atoms with Crippen LogP contribution >= 0.6 is 15.9 Å². The molecule has 0 bridgehead atoms. The van der Waals surface area contributed by atoms with E-state index < -0.39 is 0 Å². The first-order valence-electron chi connectivity index (χ1n) is 7.35. The predicted octanol–water partition coefficient (Wildman–Crippen LogP) is 3.97. The largest absolute Gasteiger partial charge is 0.373 e. The molecule has 0 radical (unpaired) electrons. The standard InChI is InChI=1S/C16H25BrN2/c1-3-14(18)9-13-7-8-16(15(17)10-13)19(2)11-12-5-4-6-12/h7-8,10,12,14H,3-6,9,11,18H2,1-2H3. The second-order valence-corrected chi connectivity index (χ2v) is 6.69. The van der Waals surface area contributed by atoms with Crippen molar-refractivity contribution in [3.05, 3.63) is 28.2 Å². The number of anilines is 1. The number of rotatable bonds is 6. The van der Waals surface area contributed by atoms with Crippen molar-refractivity contribution in [3.8, 4) is 0 Å². The van der Waals surface area contributed by atoms with Gasteiger partial charge in [0.2, 0.25) is 0 Å². The van der Waals surface area contributed by atoms with Crippen LogP contribution in [-0.4, -0.2) is 19.6 Å². The lowest BCUT2D eigenvalue weighted by molar-refractivity contribution is 0.321. The van der Waals surface area contributed by atoms with E-state index in [2.05, 4.69) is 53.0 Å².